The number of rotatable bonds is 4. The number of thiocarbonyl (C=S) groups is 1. The minimum absolute atomic E-state index is 0.235. The summed E-state index contributed by atoms with van der Waals surface area (Å²) in [4.78, 5) is 4.04. The lowest BCUT2D eigenvalue weighted by Crippen LogP contribution is -2.39. The second-order valence-electron chi connectivity index (χ2n) is 3.77. The number of aliphatic imine (C=N–C) groups is 1. The lowest BCUT2D eigenvalue weighted by atomic mass is 10.2. The Labute approximate surface area is 123 Å². The molecule has 0 saturated heterocycles. The lowest BCUT2D eigenvalue weighted by molar-refractivity contribution is 0.208. The summed E-state index contributed by atoms with van der Waals surface area (Å²) < 4.78 is 4.87. The van der Waals surface area contributed by atoms with Crippen LogP contribution in [0.1, 0.15) is 5.56 Å². The number of halogens is 1. The van der Waals surface area contributed by atoms with Crippen LogP contribution in [0.2, 0.25) is 5.02 Å². The van der Waals surface area contributed by atoms with Crippen LogP contribution in [0.3, 0.4) is 0 Å². The third-order valence-corrected chi connectivity index (χ3v) is 2.80. The number of aryl methyl sites for hydroxylation is 1. The van der Waals surface area contributed by atoms with Gasteiger partial charge in [0, 0.05) is 7.11 Å². The molecule has 1 aromatic rings. The third kappa shape index (κ3) is 5.42. The molecule has 0 radical (unpaired) electrons. The van der Waals surface area contributed by atoms with Crippen LogP contribution in [0.5, 0.6) is 0 Å². The number of hydrogen-bond acceptors (Lipinski definition) is 3. The fourth-order valence-electron chi connectivity index (χ4n) is 1.35. The molecule has 0 unspecified atom stereocenters. The van der Waals surface area contributed by atoms with Crippen molar-refractivity contribution in [1.82, 2.24) is 5.32 Å². The van der Waals surface area contributed by atoms with Crippen LogP contribution in [0.4, 0.5) is 5.69 Å². The molecule has 19 heavy (non-hydrogen) atoms. The van der Waals surface area contributed by atoms with Crippen molar-refractivity contribution in [2.24, 2.45) is 10.7 Å². The van der Waals surface area contributed by atoms with E-state index in [9.17, 15) is 0 Å². The van der Waals surface area contributed by atoms with Gasteiger partial charge in [-0.15, -0.1) is 0 Å². The van der Waals surface area contributed by atoms with Gasteiger partial charge in [0.1, 0.15) is 0 Å². The molecule has 0 aliphatic rings. The maximum atomic E-state index is 6.08. The first-order valence-electron chi connectivity index (χ1n) is 5.66. The monoisotopic (exact) mass is 300 g/mol. The topological polar surface area (TPSA) is 71.7 Å². The van der Waals surface area contributed by atoms with E-state index < -0.39 is 0 Å². The number of nitrogens with one attached hydrogen (secondary N) is 2. The Morgan fingerprint density at radius 3 is 2.89 bits per heavy atom. The van der Waals surface area contributed by atoms with Crippen molar-refractivity contribution in [2.75, 3.05) is 25.6 Å². The van der Waals surface area contributed by atoms with Gasteiger partial charge in [-0.05, 0) is 30.8 Å². The van der Waals surface area contributed by atoms with Crippen molar-refractivity contribution in [2.45, 2.75) is 6.92 Å². The molecule has 1 aromatic carbocycles. The Morgan fingerprint density at radius 1 is 1.53 bits per heavy atom. The Bertz CT molecular complexity index is 459. The molecule has 0 aromatic heterocycles. The molecule has 0 aliphatic heterocycles. The van der Waals surface area contributed by atoms with E-state index in [-0.39, 0.29) is 5.96 Å². The Balaban J connectivity index is 2.58. The zero-order valence-corrected chi connectivity index (χ0v) is 12.4. The molecule has 0 fully saturated rings. The van der Waals surface area contributed by atoms with E-state index in [1.165, 1.54) is 0 Å². The van der Waals surface area contributed by atoms with Crippen LogP contribution >= 0.6 is 23.8 Å². The first-order chi connectivity index (χ1) is 9.04. The second-order valence-corrected chi connectivity index (χ2v) is 4.59. The summed E-state index contributed by atoms with van der Waals surface area (Å²) in [6.45, 7) is 2.92. The maximum absolute atomic E-state index is 6.08. The van der Waals surface area contributed by atoms with Gasteiger partial charge in [0.05, 0.1) is 23.9 Å². The predicted molar refractivity (Wildman–Crippen MR) is 83.9 cm³/mol. The van der Waals surface area contributed by atoms with Crippen LogP contribution < -0.4 is 16.4 Å². The summed E-state index contributed by atoms with van der Waals surface area (Å²) in [6.07, 6.45) is 0. The molecule has 104 valence electrons. The van der Waals surface area contributed by atoms with Crippen molar-refractivity contribution in [1.29, 1.82) is 0 Å². The molecule has 0 amide bonds. The van der Waals surface area contributed by atoms with E-state index in [2.05, 4.69) is 15.6 Å². The number of benzene rings is 1. The highest BCUT2D eigenvalue weighted by Gasteiger charge is 2.06. The van der Waals surface area contributed by atoms with Crippen molar-refractivity contribution in [3.8, 4) is 0 Å². The van der Waals surface area contributed by atoms with Gasteiger partial charge in [-0.3, -0.25) is 4.99 Å². The van der Waals surface area contributed by atoms with Crippen LogP contribution in [0.15, 0.2) is 23.2 Å². The smallest absolute Gasteiger partial charge is 0.194 e. The molecule has 0 bridgehead atoms. The molecule has 1 rings (SSSR count). The zero-order valence-electron chi connectivity index (χ0n) is 10.9. The SMILES string of the molecule is COCCN=C(N)NC(=S)Nc1c(C)cccc1Cl. The molecule has 0 heterocycles. The number of guanidine groups is 1. The van der Waals surface area contributed by atoms with E-state index >= 15 is 0 Å². The number of nitrogens with two attached hydrogens (primary N) is 1. The van der Waals surface area contributed by atoms with Gasteiger partial charge in [0.15, 0.2) is 11.1 Å². The number of methoxy groups -OCH3 is 1. The highest BCUT2D eigenvalue weighted by atomic mass is 35.5. The van der Waals surface area contributed by atoms with Crippen LogP contribution in [0.25, 0.3) is 0 Å². The lowest BCUT2D eigenvalue weighted by Gasteiger charge is -2.13. The fraction of sp³-hybridized carbons (Fsp3) is 0.333. The highest BCUT2D eigenvalue weighted by molar-refractivity contribution is 7.80. The Kier molecular flexibility index (Phi) is 6.55. The summed E-state index contributed by atoms with van der Waals surface area (Å²) in [5.74, 6) is 0.235. The largest absolute Gasteiger partial charge is 0.383 e. The van der Waals surface area contributed by atoms with E-state index in [1.807, 2.05) is 19.1 Å². The van der Waals surface area contributed by atoms with Crippen LogP contribution in [-0.2, 0) is 4.74 Å². The van der Waals surface area contributed by atoms with Gasteiger partial charge in [0.2, 0.25) is 0 Å². The standard InChI is InChI=1S/C12H17ClN4OS/c1-8-4-3-5-9(13)10(8)16-12(19)17-11(14)15-6-7-18-2/h3-5H,6-7H2,1-2H3,(H4,14,15,16,17,19). The third-order valence-electron chi connectivity index (χ3n) is 2.28. The quantitative estimate of drug-likeness (QED) is 0.343. The zero-order chi connectivity index (χ0) is 14.3. The van der Waals surface area contributed by atoms with Crippen LogP contribution in [0, 0.1) is 6.92 Å². The maximum Gasteiger partial charge on any atom is 0.194 e. The van der Waals surface area contributed by atoms with Gasteiger partial charge < -0.3 is 21.1 Å². The summed E-state index contributed by atoms with van der Waals surface area (Å²) in [6, 6.07) is 5.60. The molecular weight excluding hydrogens is 284 g/mol. The van der Waals surface area contributed by atoms with Gasteiger partial charge >= 0.3 is 0 Å². The van der Waals surface area contributed by atoms with Crippen molar-refractivity contribution in [3.05, 3.63) is 28.8 Å². The van der Waals surface area contributed by atoms with Gasteiger partial charge in [-0.25, -0.2) is 0 Å². The van der Waals surface area contributed by atoms with Gasteiger partial charge in [-0.1, -0.05) is 23.7 Å². The molecule has 5 nitrogen and oxygen atoms in total. The Hall–Kier alpha value is -1.37. The van der Waals surface area contributed by atoms with E-state index in [0.717, 1.165) is 11.3 Å². The van der Waals surface area contributed by atoms with Gasteiger partial charge in [-0.2, -0.15) is 0 Å². The van der Waals surface area contributed by atoms with E-state index in [0.29, 0.717) is 23.3 Å². The van der Waals surface area contributed by atoms with Gasteiger partial charge in [0.25, 0.3) is 0 Å². The molecule has 4 N–H and O–H groups in total. The number of nitrogens with zero attached hydrogens (tertiary/aromatic N) is 1. The number of anilines is 1. The van der Waals surface area contributed by atoms with E-state index in [1.54, 1.807) is 13.2 Å². The van der Waals surface area contributed by atoms with Crippen molar-refractivity contribution < 1.29 is 4.74 Å². The second kappa shape index (κ2) is 7.93. The summed E-state index contributed by atoms with van der Waals surface area (Å²) in [7, 11) is 1.60. The summed E-state index contributed by atoms with van der Waals surface area (Å²) >= 11 is 11.2. The minimum Gasteiger partial charge on any atom is -0.383 e. The molecular formula is C12H17ClN4OS. The molecule has 0 spiro atoms. The number of hydrogen-bond donors (Lipinski definition) is 3. The predicted octanol–water partition coefficient (Wildman–Crippen LogP) is 1.90. The van der Waals surface area contributed by atoms with Crippen molar-refractivity contribution >= 4 is 40.6 Å². The molecule has 0 aliphatic carbocycles. The fourth-order valence-corrected chi connectivity index (χ4v) is 1.82. The average molecular weight is 301 g/mol. The average Bonchev–Trinajstić information content (AvgIpc) is 2.34. The number of ether oxygens (including phenoxy) is 1. The minimum atomic E-state index is 0.235. The molecule has 0 atom stereocenters. The number of para-hydroxylation sites is 1. The summed E-state index contributed by atoms with van der Waals surface area (Å²) in [5, 5.41) is 6.71. The molecule has 7 heteroatoms. The Morgan fingerprint density at radius 2 is 2.26 bits per heavy atom. The van der Waals surface area contributed by atoms with Crippen LogP contribution in [-0.4, -0.2) is 31.3 Å². The first kappa shape index (κ1) is 15.7. The first-order valence-corrected chi connectivity index (χ1v) is 6.45. The highest BCUT2D eigenvalue weighted by Crippen LogP contribution is 2.24. The van der Waals surface area contributed by atoms with Crippen molar-refractivity contribution in [3.63, 3.8) is 0 Å². The molecule has 0 saturated carbocycles. The normalized spacial score (nSPS) is 11.2. The summed E-state index contributed by atoms with van der Waals surface area (Å²) in [5.41, 5.74) is 7.42. The van der Waals surface area contributed by atoms with E-state index in [4.69, 9.17) is 34.3 Å².